The quantitative estimate of drug-likeness (QED) is 0.698. The highest BCUT2D eigenvalue weighted by molar-refractivity contribution is 5.76. The first-order chi connectivity index (χ1) is 7.27. The predicted molar refractivity (Wildman–Crippen MR) is 67.4 cm³/mol. The van der Waals surface area contributed by atoms with Crippen LogP contribution in [0.1, 0.15) is 31.4 Å². The monoisotopic (exact) mass is 201 g/mol. The van der Waals surface area contributed by atoms with Crippen LogP contribution in [0.3, 0.4) is 0 Å². The fourth-order valence-electron chi connectivity index (χ4n) is 1.55. The Morgan fingerprint density at radius 1 is 1.33 bits per heavy atom. The van der Waals surface area contributed by atoms with E-state index in [0.29, 0.717) is 0 Å². The molecule has 0 saturated carbocycles. The van der Waals surface area contributed by atoms with Gasteiger partial charge in [-0.2, -0.15) is 0 Å². The van der Waals surface area contributed by atoms with E-state index in [1.165, 1.54) is 23.8 Å². The lowest BCUT2D eigenvalue weighted by Gasteiger charge is -2.10. The van der Waals surface area contributed by atoms with Crippen molar-refractivity contribution in [1.29, 1.82) is 5.41 Å². The molecule has 1 heteroatoms. The van der Waals surface area contributed by atoms with Gasteiger partial charge in [-0.1, -0.05) is 50.6 Å². The second-order valence-corrected chi connectivity index (χ2v) is 3.94. The molecule has 0 heterocycles. The van der Waals surface area contributed by atoms with Crippen LogP contribution in [-0.4, -0.2) is 6.21 Å². The fourth-order valence-corrected chi connectivity index (χ4v) is 1.55. The molecule has 1 atom stereocenters. The van der Waals surface area contributed by atoms with Crippen LogP contribution in [0.2, 0.25) is 0 Å². The number of rotatable bonds is 5. The summed E-state index contributed by atoms with van der Waals surface area (Å²) >= 11 is 0. The van der Waals surface area contributed by atoms with Gasteiger partial charge < -0.3 is 5.41 Å². The van der Waals surface area contributed by atoms with Crippen LogP contribution in [0.5, 0.6) is 0 Å². The number of allylic oxidation sites excluding steroid dienone is 1. The van der Waals surface area contributed by atoms with E-state index >= 15 is 0 Å². The highest BCUT2D eigenvalue weighted by Gasteiger charge is 2.03. The number of hydrogen-bond acceptors (Lipinski definition) is 1. The zero-order valence-corrected chi connectivity index (χ0v) is 9.53. The Balaban J connectivity index is 2.85. The van der Waals surface area contributed by atoms with Crippen molar-refractivity contribution in [3.8, 4) is 0 Å². The molecule has 0 aromatic heterocycles. The summed E-state index contributed by atoms with van der Waals surface area (Å²) in [5, 5.41) is 6.99. The number of nitrogens with one attached hydrogen (secondary N) is 1. The normalized spacial score (nSPS) is 12.9. The Hall–Kier alpha value is -1.37. The van der Waals surface area contributed by atoms with E-state index < -0.39 is 0 Å². The molecule has 1 rings (SSSR count). The van der Waals surface area contributed by atoms with Gasteiger partial charge >= 0.3 is 0 Å². The lowest BCUT2D eigenvalue weighted by Crippen LogP contribution is -1.99. The van der Waals surface area contributed by atoms with E-state index in [2.05, 4.69) is 32.0 Å². The maximum Gasteiger partial charge on any atom is 0.0177 e. The first-order valence-corrected chi connectivity index (χ1v) is 5.53. The lowest BCUT2D eigenvalue weighted by atomic mass is 9.95. The molecule has 1 aromatic carbocycles. The SMILES string of the molecule is CC[C@@H](C)Cc1ccccc1/C=C\C=N. The van der Waals surface area contributed by atoms with Crippen LogP contribution >= 0.6 is 0 Å². The molecule has 0 aliphatic heterocycles. The van der Waals surface area contributed by atoms with Crippen LogP contribution in [0.25, 0.3) is 6.08 Å². The molecular formula is C14H19N. The Kier molecular flexibility index (Phi) is 4.82. The molecule has 1 aromatic rings. The summed E-state index contributed by atoms with van der Waals surface area (Å²) in [4.78, 5) is 0. The first kappa shape index (κ1) is 11.7. The van der Waals surface area contributed by atoms with Crippen molar-refractivity contribution in [1.82, 2.24) is 0 Å². The summed E-state index contributed by atoms with van der Waals surface area (Å²) in [6.45, 7) is 4.50. The van der Waals surface area contributed by atoms with Crippen molar-refractivity contribution < 1.29 is 0 Å². The van der Waals surface area contributed by atoms with Gasteiger partial charge in [-0.15, -0.1) is 0 Å². The van der Waals surface area contributed by atoms with Gasteiger partial charge in [0.25, 0.3) is 0 Å². The van der Waals surface area contributed by atoms with E-state index in [4.69, 9.17) is 5.41 Å². The highest BCUT2D eigenvalue weighted by atomic mass is 14.3. The molecule has 0 aliphatic carbocycles. The second-order valence-electron chi connectivity index (χ2n) is 3.94. The average molecular weight is 201 g/mol. The summed E-state index contributed by atoms with van der Waals surface area (Å²) in [7, 11) is 0. The van der Waals surface area contributed by atoms with Crippen LogP contribution in [0, 0.1) is 11.3 Å². The molecule has 1 nitrogen and oxygen atoms in total. The maximum absolute atomic E-state index is 6.99. The molecule has 15 heavy (non-hydrogen) atoms. The zero-order valence-electron chi connectivity index (χ0n) is 9.53. The molecule has 0 amide bonds. The maximum atomic E-state index is 6.99. The van der Waals surface area contributed by atoms with Crippen molar-refractivity contribution >= 4 is 12.3 Å². The largest absolute Gasteiger partial charge is 0.309 e. The molecule has 0 fully saturated rings. The van der Waals surface area contributed by atoms with E-state index in [1.54, 1.807) is 6.08 Å². The standard InChI is InChI=1S/C14H19N/c1-3-12(2)11-14-8-5-4-7-13(14)9-6-10-15/h4-10,12,15H,3,11H2,1-2H3/b9-6-,15-10?/t12-/m1/s1. The van der Waals surface area contributed by atoms with Crippen molar-refractivity contribution in [2.75, 3.05) is 0 Å². The predicted octanol–water partition coefficient (Wildman–Crippen LogP) is 3.94. The third-order valence-electron chi connectivity index (χ3n) is 2.69. The molecule has 0 unspecified atom stereocenters. The summed E-state index contributed by atoms with van der Waals surface area (Å²) in [6, 6.07) is 8.41. The number of hydrogen-bond donors (Lipinski definition) is 1. The summed E-state index contributed by atoms with van der Waals surface area (Å²) in [5.41, 5.74) is 2.62. The van der Waals surface area contributed by atoms with Gasteiger partial charge in [0, 0.05) is 6.21 Å². The van der Waals surface area contributed by atoms with Gasteiger partial charge in [0.1, 0.15) is 0 Å². The minimum absolute atomic E-state index is 0.722. The van der Waals surface area contributed by atoms with Gasteiger partial charge in [-0.25, -0.2) is 0 Å². The molecule has 0 spiro atoms. The minimum atomic E-state index is 0.722. The van der Waals surface area contributed by atoms with Crippen LogP contribution in [0.15, 0.2) is 30.3 Å². The molecule has 0 radical (unpaired) electrons. The van der Waals surface area contributed by atoms with Gasteiger partial charge in [0.2, 0.25) is 0 Å². The van der Waals surface area contributed by atoms with Gasteiger partial charge in [0.15, 0.2) is 0 Å². The first-order valence-electron chi connectivity index (χ1n) is 5.53. The molecular weight excluding hydrogens is 182 g/mol. The summed E-state index contributed by atoms with van der Waals surface area (Å²) in [6.07, 6.45) is 7.43. The molecule has 0 saturated heterocycles. The summed E-state index contributed by atoms with van der Waals surface area (Å²) in [5.74, 6) is 0.722. The van der Waals surface area contributed by atoms with Crippen LogP contribution in [-0.2, 0) is 6.42 Å². The van der Waals surface area contributed by atoms with Crippen molar-refractivity contribution in [2.45, 2.75) is 26.7 Å². The third kappa shape index (κ3) is 3.70. The zero-order chi connectivity index (χ0) is 11.1. The molecule has 1 N–H and O–H groups in total. The minimum Gasteiger partial charge on any atom is -0.309 e. The van der Waals surface area contributed by atoms with Crippen LogP contribution < -0.4 is 0 Å². The summed E-state index contributed by atoms with van der Waals surface area (Å²) < 4.78 is 0. The van der Waals surface area contributed by atoms with Crippen molar-refractivity contribution in [3.05, 3.63) is 41.5 Å². The fraction of sp³-hybridized carbons (Fsp3) is 0.357. The second kappa shape index (κ2) is 6.18. The van der Waals surface area contributed by atoms with Crippen LogP contribution in [0.4, 0.5) is 0 Å². The Morgan fingerprint density at radius 3 is 2.73 bits per heavy atom. The van der Waals surface area contributed by atoms with E-state index in [0.717, 1.165) is 12.3 Å². The van der Waals surface area contributed by atoms with Gasteiger partial charge in [-0.3, -0.25) is 0 Å². The topological polar surface area (TPSA) is 23.9 Å². The molecule has 0 aliphatic rings. The highest BCUT2D eigenvalue weighted by Crippen LogP contribution is 2.16. The van der Waals surface area contributed by atoms with E-state index in [-0.39, 0.29) is 0 Å². The Bertz CT molecular complexity index is 339. The number of benzene rings is 1. The Morgan fingerprint density at radius 2 is 2.07 bits per heavy atom. The molecule has 80 valence electrons. The van der Waals surface area contributed by atoms with Gasteiger partial charge in [-0.05, 0) is 29.5 Å². The Labute approximate surface area is 92.3 Å². The molecule has 0 bridgehead atoms. The van der Waals surface area contributed by atoms with Crippen molar-refractivity contribution in [2.24, 2.45) is 5.92 Å². The smallest absolute Gasteiger partial charge is 0.0177 e. The average Bonchev–Trinajstić information content (AvgIpc) is 2.28. The third-order valence-corrected chi connectivity index (χ3v) is 2.69. The van der Waals surface area contributed by atoms with E-state index in [1.807, 2.05) is 12.1 Å². The van der Waals surface area contributed by atoms with Crippen molar-refractivity contribution in [3.63, 3.8) is 0 Å². The lowest BCUT2D eigenvalue weighted by molar-refractivity contribution is 0.560. The van der Waals surface area contributed by atoms with Gasteiger partial charge in [0.05, 0.1) is 0 Å². The van der Waals surface area contributed by atoms with E-state index in [9.17, 15) is 0 Å².